The van der Waals surface area contributed by atoms with Gasteiger partial charge in [0.2, 0.25) is 5.91 Å². The summed E-state index contributed by atoms with van der Waals surface area (Å²) in [6, 6.07) is 3.25. The SMILES string of the molecule is O=C(C[C@@H]1CC[C@@H]2[C@H](COC[C@H](O)CN2C(=O)Nc2ccc(C(F)(F)F)cc2)O1)NCC1CCCCC1. The number of hydrogen-bond donors (Lipinski definition) is 3. The summed E-state index contributed by atoms with van der Waals surface area (Å²) >= 11 is 0. The molecular weight excluding hydrogens is 491 g/mol. The zero-order valence-electron chi connectivity index (χ0n) is 20.8. The van der Waals surface area contributed by atoms with Gasteiger partial charge in [0.25, 0.3) is 0 Å². The number of alkyl halides is 3. The fraction of sp³-hybridized carbons (Fsp3) is 0.692. The lowest BCUT2D eigenvalue weighted by Crippen LogP contribution is -2.58. The Balaban J connectivity index is 1.34. The zero-order valence-corrected chi connectivity index (χ0v) is 20.8. The van der Waals surface area contributed by atoms with Crippen LogP contribution in [0.2, 0.25) is 0 Å². The van der Waals surface area contributed by atoms with Crippen molar-refractivity contribution in [2.45, 2.75) is 81.9 Å². The van der Waals surface area contributed by atoms with Gasteiger partial charge in [0.1, 0.15) is 6.10 Å². The predicted octanol–water partition coefficient (Wildman–Crippen LogP) is 3.93. The summed E-state index contributed by atoms with van der Waals surface area (Å²) in [4.78, 5) is 27.1. The monoisotopic (exact) mass is 527 g/mol. The number of fused-ring (bicyclic) bond motifs is 1. The van der Waals surface area contributed by atoms with E-state index in [1.54, 1.807) is 0 Å². The van der Waals surface area contributed by atoms with E-state index in [-0.39, 0.29) is 43.9 Å². The number of nitrogens with zero attached hydrogens (tertiary/aromatic N) is 1. The van der Waals surface area contributed by atoms with E-state index in [2.05, 4.69) is 10.6 Å². The highest BCUT2D eigenvalue weighted by Gasteiger charge is 2.40. The third-order valence-corrected chi connectivity index (χ3v) is 7.43. The lowest BCUT2D eigenvalue weighted by atomic mass is 9.89. The van der Waals surface area contributed by atoms with Gasteiger partial charge in [0.15, 0.2) is 0 Å². The van der Waals surface area contributed by atoms with E-state index in [9.17, 15) is 27.9 Å². The van der Waals surface area contributed by atoms with Crippen molar-refractivity contribution in [1.82, 2.24) is 10.2 Å². The molecule has 3 N–H and O–H groups in total. The number of anilines is 1. The topological polar surface area (TPSA) is 100 Å². The van der Waals surface area contributed by atoms with Crippen LogP contribution in [0.15, 0.2) is 24.3 Å². The van der Waals surface area contributed by atoms with E-state index in [4.69, 9.17) is 9.47 Å². The van der Waals surface area contributed by atoms with Crippen molar-refractivity contribution in [2.75, 3.05) is 31.6 Å². The lowest BCUT2D eigenvalue weighted by Gasteiger charge is -2.44. The average molecular weight is 528 g/mol. The molecule has 4 rings (SSSR count). The number of halogens is 3. The van der Waals surface area contributed by atoms with Crippen LogP contribution in [-0.2, 0) is 20.4 Å². The standard InChI is InChI=1S/C26H36F3N3O5/c27-26(28,29)18-6-8-19(9-7-18)31-25(35)32-14-20(33)15-36-16-23-22(32)11-10-21(37-23)12-24(34)30-13-17-4-2-1-3-5-17/h6-9,17,20-23,33H,1-5,10-16H2,(H,30,34)(H,31,35)/t20-,21+,22-,23+/m1/s1. The van der Waals surface area contributed by atoms with Gasteiger partial charge in [-0.1, -0.05) is 19.3 Å². The highest BCUT2D eigenvalue weighted by atomic mass is 19.4. The molecule has 3 aliphatic rings. The number of hydrogen-bond acceptors (Lipinski definition) is 5. The first-order chi connectivity index (χ1) is 17.7. The summed E-state index contributed by atoms with van der Waals surface area (Å²) in [5.41, 5.74) is -0.592. The Morgan fingerprint density at radius 1 is 1.03 bits per heavy atom. The fourth-order valence-corrected chi connectivity index (χ4v) is 5.44. The number of carbonyl (C=O) groups is 2. The van der Waals surface area contributed by atoms with E-state index in [0.717, 1.165) is 25.0 Å². The summed E-state index contributed by atoms with van der Waals surface area (Å²) in [6.45, 7) is 0.856. The first-order valence-corrected chi connectivity index (χ1v) is 13.1. The lowest BCUT2D eigenvalue weighted by molar-refractivity contribution is -0.149. The summed E-state index contributed by atoms with van der Waals surface area (Å²) in [6.07, 6.45) is 1.15. The maximum absolute atomic E-state index is 13.1. The maximum Gasteiger partial charge on any atom is 0.416 e. The molecule has 0 bridgehead atoms. The maximum atomic E-state index is 13.1. The van der Waals surface area contributed by atoms with E-state index in [0.29, 0.717) is 25.3 Å². The van der Waals surface area contributed by atoms with Crippen molar-refractivity contribution in [3.8, 4) is 0 Å². The summed E-state index contributed by atoms with van der Waals surface area (Å²) in [5.74, 6) is 0.490. The molecule has 206 valence electrons. The predicted molar refractivity (Wildman–Crippen MR) is 130 cm³/mol. The van der Waals surface area contributed by atoms with Gasteiger partial charge in [-0.25, -0.2) is 4.79 Å². The summed E-state index contributed by atoms with van der Waals surface area (Å²) in [5, 5.41) is 16.0. The fourth-order valence-electron chi connectivity index (χ4n) is 5.44. The molecule has 3 amide bonds. The van der Waals surface area contributed by atoms with Crippen molar-refractivity contribution in [3.05, 3.63) is 29.8 Å². The third kappa shape index (κ3) is 7.81. The van der Waals surface area contributed by atoms with Crippen LogP contribution in [0.4, 0.5) is 23.7 Å². The first kappa shape index (κ1) is 27.7. The molecule has 8 nitrogen and oxygen atoms in total. The molecule has 37 heavy (non-hydrogen) atoms. The molecular formula is C26H36F3N3O5. The highest BCUT2D eigenvalue weighted by Crippen LogP contribution is 2.31. The van der Waals surface area contributed by atoms with Gasteiger partial charge in [0.05, 0.1) is 50.0 Å². The van der Waals surface area contributed by atoms with E-state index >= 15 is 0 Å². The Morgan fingerprint density at radius 2 is 1.76 bits per heavy atom. The van der Waals surface area contributed by atoms with E-state index in [1.807, 2.05) is 0 Å². The Bertz CT molecular complexity index is 908. The number of β-amino-alcohol motifs (C(OH)–C–C–N with tert-alkyl or cyclic N) is 1. The molecule has 2 saturated heterocycles. The minimum absolute atomic E-state index is 0.0104. The highest BCUT2D eigenvalue weighted by molar-refractivity contribution is 5.89. The third-order valence-electron chi connectivity index (χ3n) is 7.43. The molecule has 11 heteroatoms. The molecule has 1 aromatic carbocycles. The Morgan fingerprint density at radius 3 is 2.46 bits per heavy atom. The number of nitrogens with one attached hydrogen (secondary N) is 2. The van der Waals surface area contributed by atoms with Gasteiger partial charge >= 0.3 is 12.2 Å². The summed E-state index contributed by atoms with van der Waals surface area (Å²) < 4.78 is 50.3. The van der Waals surface area contributed by atoms with E-state index < -0.39 is 36.0 Å². The van der Waals surface area contributed by atoms with Crippen molar-refractivity contribution < 1.29 is 37.3 Å². The second-order valence-corrected chi connectivity index (χ2v) is 10.3. The molecule has 0 aromatic heterocycles. The molecule has 0 unspecified atom stereocenters. The van der Waals surface area contributed by atoms with Crippen LogP contribution in [0.1, 0.15) is 56.9 Å². The molecule has 1 aromatic rings. The Hall–Kier alpha value is -2.37. The summed E-state index contributed by atoms with van der Waals surface area (Å²) in [7, 11) is 0. The molecule has 0 spiro atoms. The van der Waals surface area contributed by atoms with Crippen LogP contribution >= 0.6 is 0 Å². The van der Waals surface area contributed by atoms with Crippen molar-refractivity contribution in [2.24, 2.45) is 5.92 Å². The van der Waals surface area contributed by atoms with Crippen LogP contribution < -0.4 is 10.6 Å². The second kappa shape index (κ2) is 12.4. The molecule has 1 aliphatic carbocycles. The van der Waals surface area contributed by atoms with Gasteiger partial charge in [-0.2, -0.15) is 13.2 Å². The van der Waals surface area contributed by atoms with Gasteiger partial charge in [-0.05, 0) is 55.9 Å². The molecule has 2 aliphatic heterocycles. The normalized spacial score (nSPS) is 27.5. The number of carbonyl (C=O) groups excluding carboxylic acids is 2. The van der Waals surface area contributed by atoms with Gasteiger partial charge < -0.3 is 30.1 Å². The number of aliphatic hydroxyl groups is 1. The molecule has 3 fully saturated rings. The number of amides is 3. The van der Waals surface area contributed by atoms with Crippen LogP contribution in [-0.4, -0.2) is 72.6 Å². The smallest absolute Gasteiger partial charge is 0.389 e. The number of benzene rings is 1. The molecule has 0 radical (unpaired) electrons. The first-order valence-electron chi connectivity index (χ1n) is 13.1. The molecule has 1 saturated carbocycles. The number of ether oxygens (including phenoxy) is 2. The number of urea groups is 1. The molecule has 4 atom stereocenters. The quantitative estimate of drug-likeness (QED) is 0.539. The Kier molecular flexibility index (Phi) is 9.31. The van der Waals surface area contributed by atoms with E-state index in [1.165, 1.54) is 36.3 Å². The van der Waals surface area contributed by atoms with Crippen LogP contribution in [0.3, 0.4) is 0 Å². The zero-order chi connectivity index (χ0) is 26.4. The van der Waals surface area contributed by atoms with Crippen LogP contribution in [0.5, 0.6) is 0 Å². The minimum Gasteiger partial charge on any atom is -0.389 e. The van der Waals surface area contributed by atoms with Gasteiger partial charge in [-0.15, -0.1) is 0 Å². The largest absolute Gasteiger partial charge is 0.416 e. The minimum atomic E-state index is -4.47. The number of rotatable bonds is 5. The second-order valence-electron chi connectivity index (χ2n) is 10.3. The van der Waals surface area contributed by atoms with Gasteiger partial charge in [0, 0.05) is 12.2 Å². The average Bonchev–Trinajstić information content (AvgIpc) is 2.86. The van der Waals surface area contributed by atoms with Crippen molar-refractivity contribution in [3.63, 3.8) is 0 Å². The number of aliphatic hydroxyl groups excluding tert-OH is 1. The Labute approximate surface area is 214 Å². The van der Waals surface area contributed by atoms with Crippen LogP contribution in [0, 0.1) is 5.92 Å². The van der Waals surface area contributed by atoms with Crippen molar-refractivity contribution >= 4 is 17.6 Å². The van der Waals surface area contributed by atoms with Crippen molar-refractivity contribution in [1.29, 1.82) is 0 Å². The van der Waals surface area contributed by atoms with Gasteiger partial charge in [-0.3, -0.25) is 4.79 Å². The van der Waals surface area contributed by atoms with Crippen LogP contribution in [0.25, 0.3) is 0 Å². The molecule has 2 heterocycles.